The molecule has 1 heterocycles. The smallest absolute Gasteiger partial charge is 0.415 e. The monoisotopic (exact) mass is 613 g/mol. The minimum absolute atomic E-state index is 0.0866. The molecule has 0 radical (unpaired) electrons. The summed E-state index contributed by atoms with van der Waals surface area (Å²) in [7, 11) is 2.85. The topological polar surface area (TPSA) is 107 Å². The van der Waals surface area contributed by atoms with Crippen LogP contribution in [0.25, 0.3) is 6.08 Å². The molecule has 42 heavy (non-hydrogen) atoms. The SMILES string of the molecule is COC(=O)[C@H](Cc1ccc(OCC=Cc2cccc(N(C)C(=O)OC(C)(C)C)n2)cc1)NC(=O)c1c(Cl)cccc1Cl. The Morgan fingerprint density at radius 2 is 1.64 bits per heavy atom. The maximum atomic E-state index is 12.8. The Morgan fingerprint density at radius 3 is 2.26 bits per heavy atom. The van der Waals surface area contributed by atoms with Gasteiger partial charge in [-0.25, -0.2) is 14.6 Å². The summed E-state index contributed by atoms with van der Waals surface area (Å²) in [4.78, 5) is 43.3. The second-order valence-corrected chi connectivity index (χ2v) is 11.0. The number of anilines is 1. The van der Waals surface area contributed by atoms with Crippen LogP contribution in [0.15, 0.2) is 66.7 Å². The molecule has 11 heteroatoms. The molecule has 9 nitrogen and oxygen atoms in total. The van der Waals surface area contributed by atoms with Gasteiger partial charge in [0, 0.05) is 13.5 Å². The van der Waals surface area contributed by atoms with Crippen LogP contribution in [0.5, 0.6) is 5.75 Å². The van der Waals surface area contributed by atoms with Crippen molar-refractivity contribution in [1.29, 1.82) is 0 Å². The molecular formula is C31H33Cl2N3O6. The molecule has 0 aliphatic rings. The van der Waals surface area contributed by atoms with E-state index in [0.717, 1.165) is 5.56 Å². The molecule has 0 aliphatic heterocycles. The van der Waals surface area contributed by atoms with E-state index in [2.05, 4.69) is 10.3 Å². The van der Waals surface area contributed by atoms with Crippen LogP contribution in [-0.2, 0) is 20.7 Å². The Labute approximate surface area is 255 Å². The van der Waals surface area contributed by atoms with Crippen molar-refractivity contribution in [2.75, 3.05) is 25.7 Å². The molecule has 3 aromatic rings. The average molecular weight is 615 g/mol. The second-order valence-electron chi connectivity index (χ2n) is 10.2. The Morgan fingerprint density at radius 1 is 1.00 bits per heavy atom. The van der Waals surface area contributed by atoms with Gasteiger partial charge in [0.15, 0.2) is 0 Å². The first-order chi connectivity index (χ1) is 19.9. The van der Waals surface area contributed by atoms with E-state index >= 15 is 0 Å². The largest absolute Gasteiger partial charge is 0.490 e. The highest BCUT2D eigenvalue weighted by atomic mass is 35.5. The molecule has 1 aromatic heterocycles. The first-order valence-corrected chi connectivity index (χ1v) is 13.8. The van der Waals surface area contributed by atoms with Crippen molar-refractivity contribution in [2.24, 2.45) is 0 Å². The number of carbonyl (C=O) groups excluding carboxylic acids is 3. The fourth-order valence-corrected chi connectivity index (χ4v) is 4.26. The number of amides is 2. The third kappa shape index (κ3) is 9.49. The normalized spacial score (nSPS) is 12.0. The summed E-state index contributed by atoms with van der Waals surface area (Å²) in [5.74, 6) is -0.119. The number of hydrogen-bond acceptors (Lipinski definition) is 7. The van der Waals surface area contributed by atoms with E-state index in [0.29, 0.717) is 17.3 Å². The summed E-state index contributed by atoms with van der Waals surface area (Å²) in [5.41, 5.74) is 0.900. The average Bonchev–Trinajstić information content (AvgIpc) is 2.94. The highest BCUT2D eigenvalue weighted by molar-refractivity contribution is 6.39. The molecule has 0 unspecified atom stereocenters. The van der Waals surface area contributed by atoms with E-state index in [4.69, 9.17) is 37.4 Å². The Kier molecular flexibility index (Phi) is 11.4. The Bertz CT molecular complexity index is 1420. The number of halogens is 2. The first kappa shape index (κ1) is 32.4. The standard InChI is InChI=1S/C31H33Cl2N3O6/c1-31(2,3)42-30(39)36(4)26-13-6-9-21(34-26)10-8-18-41-22-16-14-20(15-17-22)19-25(29(38)40-5)35-28(37)27-23(32)11-7-12-24(27)33/h6-17,25H,18-19H2,1-5H3,(H,35,37)/t25-/m0/s1. The zero-order chi connectivity index (χ0) is 30.9. The van der Waals surface area contributed by atoms with Crippen molar-refractivity contribution in [2.45, 2.75) is 38.8 Å². The molecule has 0 spiro atoms. The highest BCUT2D eigenvalue weighted by Gasteiger charge is 2.25. The van der Waals surface area contributed by atoms with Crippen LogP contribution >= 0.6 is 23.2 Å². The fraction of sp³-hybridized carbons (Fsp3) is 0.290. The lowest BCUT2D eigenvalue weighted by Crippen LogP contribution is -2.43. The number of ether oxygens (including phenoxy) is 3. The van der Waals surface area contributed by atoms with Gasteiger partial charge in [0.2, 0.25) is 0 Å². The van der Waals surface area contributed by atoms with Crippen LogP contribution in [0.2, 0.25) is 10.0 Å². The number of nitrogens with one attached hydrogen (secondary N) is 1. The van der Waals surface area contributed by atoms with Crippen molar-refractivity contribution in [1.82, 2.24) is 10.3 Å². The second kappa shape index (κ2) is 14.7. The summed E-state index contributed by atoms with van der Waals surface area (Å²) in [6, 6.07) is 16.2. The molecular weight excluding hydrogens is 581 g/mol. The Balaban J connectivity index is 1.57. The van der Waals surface area contributed by atoms with Gasteiger partial charge in [0.25, 0.3) is 5.91 Å². The number of aromatic nitrogens is 1. The fourth-order valence-electron chi connectivity index (χ4n) is 3.69. The van der Waals surface area contributed by atoms with Gasteiger partial charge in [0.05, 0.1) is 28.4 Å². The predicted molar refractivity (Wildman–Crippen MR) is 163 cm³/mol. The van der Waals surface area contributed by atoms with Crippen LogP contribution in [0.4, 0.5) is 10.6 Å². The van der Waals surface area contributed by atoms with Crippen LogP contribution in [0, 0.1) is 0 Å². The lowest BCUT2D eigenvalue weighted by atomic mass is 10.0. The number of methoxy groups -OCH3 is 1. The molecule has 222 valence electrons. The molecule has 0 saturated heterocycles. The molecule has 2 aromatic carbocycles. The van der Waals surface area contributed by atoms with Gasteiger partial charge in [-0.05, 0) is 74.9 Å². The van der Waals surface area contributed by atoms with E-state index in [9.17, 15) is 14.4 Å². The maximum absolute atomic E-state index is 12.8. The van der Waals surface area contributed by atoms with Gasteiger partial charge < -0.3 is 19.5 Å². The van der Waals surface area contributed by atoms with Crippen molar-refractivity contribution >= 4 is 53.1 Å². The Hall–Kier alpha value is -4.08. The van der Waals surface area contributed by atoms with Crippen LogP contribution < -0.4 is 15.0 Å². The van der Waals surface area contributed by atoms with E-state index in [-0.39, 0.29) is 28.6 Å². The third-order valence-corrected chi connectivity index (χ3v) is 6.38. The zero-order valence-corrected chi connectivity index (χ0v) is 25.5. The van der Waals surface area contributed by atoms with Gasteiger partial charge >= 0.3 is 12.1 Å². The minimum atomic E-state index is -0.956. The van der Waals surface area contributed by atoms with Gasteiger partial charge in [-0.1, -0.05) is 47.5 Å². The lowest BCUT2D eigenvalue weighted by molar-refractivity contribution is -0.142. The van der Waals surface area contributed by atoms with Gasteiger partial charge in [-0.2, -0.15) is 0 Å². The summed E-state index contributed by atoms with van der Waals surface area (Å²) in [6.45, 7) is 5.68. The molecule has 0 saturated carbocycles. The molecule has 0 fully saturated rings. The lowest BCUT2D eigenvalue weighted by Gasteiger charge is -2.24. The summed E-state index contributed by atoms with van der Waals surface area (Å²) in [6.07, 6.45) is 3.28. The zero-order valence-electron chi connectivity index (χ0n) is 24.0. The number of hydrogen-bond donors (Lipinski definition) is 1. The van der Waals surface area contributed by atoms with E-state index in [1.54, 1.807) is 94.6 Å². The summed E-state index contributed by atoms with van der Waals surface area (Å²) < 4.78 is 16.1. The quantitative estimate of drug-likeness (QED) is 0.265. The van der Waals surface area contributed by atoms with Gasteiger partial charge in [0.1, 0.15) is 29.8 Å². The number of pyridine rings is 1. The molecule has 3 rings (SSSR count). The number of nitrogens with zero attached hydrogens (tertiary/aromatic N) is 2. The number of carbonyl (C=O) groups is 3. The molecule has 1 N–H and O–H groups in total. The third-order valence-electron chi connectivity index (χ3n) is 5.75. The van der Waals surface area contributed by atoms with Gasteiger partial charge in [-0.3, -0.25) is 9.69 Å². The molecule has 0 aliphatic carbocycles. The first-order valence-electron chi connectivity index (χ1n) is 13.0. The molecule has 1 atom stereocenters. The minimum Gasteiger partial charge on any atom is -0.490 e. The number of esters is 1. The maximum Gasteiger partial charge on any atom is 0.415 e. The summed E-state index contributed by atoms with van der Waals surface area (Å²) in [5, 5.41) is 3.01. The number of rotatable bonds is 10. The van der Waals surface area contributed by atoms with Crippen LogP contribution in [0.1, 0.15) is 42.4 Å². The van der Waals surface area contributed by atoms with Gasteiger partial charge in [-0.15, -0.1) is 0 Å². The van der Waals surface area contributed by atoms with Crippen molar-refractivity contribution in [3.63, 3.8) is 0 Å². The van der Waals surface area contributed by atoms with E-state index in [1.165, 1.54) is 12.0 Å². The van der Waals surface area contributed by atoms with E-state index in [1.807, 2.05) is 6.07 Å². The van der Waals surface area contributed by atoms with Crippen molar-refractivity contribution < 1.29 is 28.6 Å². The molecule has 0 bridgehead atoms. The van der Waals surface area contributed by atoms with Crippen LogP contribution in [0.3, 0.4) is 0 Å². The van der Waals surface area contributed by atoms with E-state index < -0.39 is 29.6 Å². The van der Waals surface area contributed by atoms with Crippen LogP contribution in [-0.4, -0.2) is 55.4 Å². The summed E-state index contributed by atoms with van der Waals surface area (Å²) >= 11 is 12.3. The number of benzene rings is 2. The van der Waals surface area contributed by atoms with Crippen molar-refractivity contribution in [3.8, 4) is 5.75 Å². The van der Waals surface area contributed by atoms with Crippen molar-refractivity contribution in [3.05, 3.63) is 93.6 Å². The molecule has 2 amide bonds. The highest BCUT2D eigenvalue weighted by Crippen LogP contribution is 2.24. The predicted octanol–water partition coefficient (Wildman–Crippen LogP) is 6.37.